The number of carbonyl (C=O) groups is 2. The molecule has 7 heteroatoms. The van der Waals surface area contributed by atoms with E-state index in [1.54, 1.807) is 44.1 Å². The van der Waals surface area contributed by atoms with Gasteiger partial charge in [-0.25, -0.2) is 4.98 Å². The van der Waals surface area contributed by atoms with Gasteiger partial charge in [-0.05, 0) is 51.2 Å². The summed E-state index contributed by atoms with van der Waals surface area (Å²) in [5.41, 5.74) is 1.76. The molecule has 0 saturated carbocycles. The molecule has 1 amide bonds. The molecule has 0 saturated heterocycles. The van der Waals surface area contributed by atoms with Crippen molar-refractivity contribution in [1.29, 1.82) is 0 Å². The van der Waals surface area contributed by atoms with E-state index in [1.165, 1.54) is 0 Å². The molecular formula is C28H42N2O4S. The number of aliphatic hydroxyl groups is 2. The number of aliphatic hydroxyl groups excluding tert-OH is 2. The van der Waals surface area contributed by atoms with Crippen molar-refractivity contribution in [2.45, 2.75) is 86.0 Å². The Hall–Kier alpha value is -2.09. The maximum Gasteiger partial charge on any atom is 0.225 e. The van der Waals surface area contributed by atoms with E-state index in [2.05, 4.69) is 11.1 Å². The smallest absolute Gasteiger partial charge is 0.225 e. The van der Waals surface area contributed by atoms with Crippen LogP contribution in [-0.4, -0.2) is 57.1 Å². The van der Waals surface area contributed by atoms with Gasteiger partial charge in [0.15, 0.2) is 0 Å². The molecule has 6 nitrogen and oxygen atoms in total. The van der Waals surface area contributed by atoms with Crippen LogP contribution in [0.25, 0.3) is 6.08 Å². The van der Waals surface area contributed by atoms with E-state index in [4.69, 9.17) is 0 Å². The fourth-order valence-electron chi connectivity index (χ4n) is 4.54. The van der Waals surface area contributed by atoms with E-state index >= 15 is 0 Å². The Bertz CT molecular complexity index is 991. The van der Waals surface area contributed by atoms with Gasteiger partial charge in [0, 0.05) is 18.3 Å². The molecule has 194 valence electrons. The Morgan fingerprint density at radius 2 is 1.86 bits per heavy atom. The van der Waals surface area contributed by atoms with Crippen molar-refractivity contribution in [3.05, 3.63) is 45.5 Å². The van der Waals surface area contributed by atoms with E-state index in [9.17, 15) is 19.8 Å². The van der Waals surface area contributed by atoms with Crippen molar-refractivity contribution < 1.29 is 19.8 Å². The van der Waals surface area contributed by atoms with Crippen LogP contribution in [0.1, 0.15) is 71.5 Å². The number of allylic oxidation sites excluding steroid dienone is 3. The molecule has 1 aromatic heterocycles. The summed E-state index contributed by atoms with van der Waals surface area (Å²) in [5, 5.41) is 24.7. The standard InChI is InChI=1S/C28H42N2O4S/c1-17-10-9-11-18(2)26(33)20(4)27(34)28(6,7)24(31)15-25(32)30(8)23(13-12-17)19(3)14-22-16-35-21(5)29-22/h9-10,12,14,16,18,20,23-24,26,31,33H,11,13,15H2,1-8H3/t18-,20+,23-,24-,26-/m0/s1. The van der Waals surface area contributed by atoms with Gasteiger partial charge in [-0.15, -0.1) is 11.3 Å². The highest BCUT2D eigenvalue weighted by molar-refractivity contribution is 7.09. The van der Waals surface area contributed by atoms with Crippen molar-refractivity contribution in [2.75, 3.05) is 7.05 Å². The van der Waals surface area contributed by atoms with Crippen LogP contribution in [0, 0.1) is 24.2 Å². The number of hydrogen-bond donors (Lipinski definition) is 2. The number of nitrogens with zero attached hydrogens (tertiary/aromatic N) is 2. The van der Waals surface area contributed by atoms with Crippen LogP contribution in [0.15, 0.2) is 34.8 Å². The molecular weight excluding hydrogens is 460 g/mol. The number of aromatic nitrogens is 1. The van der Waals surface area contributed by atoms with Crippen LogP contribution in [-0.2, 0) is 9.59 Å². The van der Waals surface area contributed by atoms with Crippen LogP contribution >= 0.6 is 11.3 Å². The summed E-state index contributed by atoms with van der Waals surface area (Å²) in [7, 11) is 1.74. The molecule has 1 aromatic rings. The SMILES string of the molecule is CC1=CC[C@@H](C(C)=Cc2csc(C)n2)N(C)C(=O)C[C@H](O)C(C)(C)C(=O)[C@H](C)[C@@H](O)[C@@H](C)CC=C1. The summed E-state index contributed by atoms with van der Waals surface area (Å²) >= 11 is 1.58. The van der Waals surface area contributed by atoms with Crippen molar-refractivity contribution in [3.63, 3.8) is 0 Å². The number of Topliss-reactive ketones (excluding diaryl/α,β-unsaturated/α-hetero) is 1. The minimum Gasteiger partial charge on any atom is -0.392 e. The lowest BCUT2D eigenvalue weighted by atomic mass is 9.73. The number of aryl methyl sites for hydroxylation is 1. The van der Waals surface area contributed by atoms with E-state index in [0.29, 0.717) is 12.8 Å². The lowest BCUT2D eigenvalue weighted by Crippen LogP contribution is -2.47. The molecule has 2 rings (SSSR count). The zero-order valence-corrected chi connectivity index (χ0v) is 23.2. The number of carbonyl (C=O) groups excluding carboxylic acids is 2. The molecule has 2 N–H and O–H groups in total. The van der Waals surface area contributed by atoms with Crippen LogP contribution in [0.5, 0.6) is 0 Å². The monoisotopic (exact) mass is 502 g/mol. The zero-order valence-electron chi connectivity index (χ0n) is 22.4. The summed E-state index contributed by atoms with van der Waals surface area (Å²) in [4.78, 5) is 32.7. The van der Waals surface area contributed by atoms with Crippen LogP contribution in [0.4, 0.5) is 0 Å². The molecule has 0 aliphatic carbocycles. The second-order valence-electron chi connectivity index (χ2n) is 10.6. The number of ketones is 1. The highest BCUT2D eigenvalue weighted by Gasteiger charge is 2.42. The topological polar surface area (TPSA) is 90.7 Å². The average Bonchev–Trinajstić information content (AvgIpc) is 3.20. The maximum atomic E-state index is 13.3. The number of hydrogen-bond acceptors (Lipinski definition) is 6. The van der Waals surface area contributed by atoms with E-state index < -0.39 is 23.5 Å². The van der Waals surface area contributed by atoms with Crippen LogP contribution in [0.3, 0.4) is 0 Å². The van der Waals surface area contributed by atoms with E-state index in [1.807, 2.05) is 51.3 Å². The molecule has 1 aliphatic rings. The van der Waals surface area contributed by atoms with Gasteiger partial charge in [-0.2, -0.15) is 0 Å². The first-order valence-corrected chi connectivity index (χ1v) is 13.2. The lowest BCUT2D eigenvalue weighted by Gasteiger charge is -2.36. The Labute approximate surface area is 214 Å². The van der Waals surface area contributed by atoms with Gasteiger partial charge in [-0.1, -0.05) is 51.5 Å². The third-order valence-corrected chi connectivity index (χ3v) is 8.09. The second-order valence-corrected chi connectivity index (χ2v) is 11.6. The summed E-state index contributed by atoms with van der Waals surface area (Å²) in [6.45, 7) is 12.9. The largest absolute Gasteiger partial charge is 0.392 e. The molecule has 1 aliphatic heterocycles. The van der Waals surface area contributed by atoms with Gasteiger partial charge < -0.3 is 15.1 Å². The Morgan fingerprint density at radius 1 is 1.20 bits per heavy atom. The first-order chi connectivity index (χ1) is 16.2. The fraction of sp³-hybridized carbons (Fsp3) is 0.607. The van der Waals surface area contributed by atoms with Gasteiger partial charge in [0.1, 0.15) is 5.78 Å². The van der Waals surface area contributed by atoms with Crippen molar-refractivity contribution in [1.82, 2.24) is 9.88 Å². The Kier molecular flexibility index (Phi) is 10.2. The molecule has 0 fully saturated rings. The van der Waals surface area contributed by atoms with Crippen LogP contribution < -0.4 is 0 Å². The molecule has 0 spiro atoms. The van der Waals surface area contributed by atoms with Crippen molar-refractivity contribution >= 4 is 29.1 Å². The Balaban J connectivity index is 2.45. The number of rotatable bonds is 2. The van der Waals surface area contributed by atoms with Gasteiger partial charge in [0.05, 0.1) is 40.8 Å². The number of amides is 1. The highest BCUT2D eigenvalue weighted by atomic mass is 32.1. The second kappa shape index (κ2) is 12.2. The molecule has 5 atom stereocenters. The molecule has 0 aromatic carbocycles. The van der Waals surface area contributed by atoms with Gasteiger partial charge in [0.2, 0.25) is 5.91 Å². The van der Waals surface area contributed by atoms with Gasteiger partial charge in [-0.3, -0.25) is 9.59 Å². The Morgan fingerprint density at radius 3 is 2.46 bits per heavy atom. The minimum absolute atomic E-state index is 0.119. The van der Waals surface area contributed by atoms with E-state index in [0.717, 1.165) is 21.8 Å². The normalized spacial score (nSPS) is 29.9. The summed E-state index contributed by atoms with van der Waals surface area (Å²) in [5.74, 6) is -1.25. The molecule has 0 radical (unpaired) electrons. The zero-order chi connectivity index (χ0) is 26.5. The lowest BCUT2D eigenvalue weighted by molar-refractivity contribution is -0.145. The van der Waals surface area contributed by atoms with E-state index in [-0.39, 0.29) is 30.1 Å². The fourth-order valence-corrected chi connectivity index (χ4v) is 5.11. The van der Waals surface area contributed by atoms with Crippen molar-refractivity contribution in [3.8, 4) is 0 Å². The molecule has 0 unspecified atom stereocenters. The average molecular weight is 503 g/mol. The predicted molar refractivity (Wildman–Crippen MR) is 143 cm³/mol. The highest BCUT2D eigenvalue weighted by Crippen LogP contribution is 2.32. The number of thiazole rings is 1. The third-order valence-electron chi connectivity index (χ3n) is 7.30. The van der Waals surface area contributed by atoms with Gasteiger partial charge in [0.25, 0.3) is 0 Å². The predicted octanol–water partition coefficient (Wildman–Crippen LogP) is 4.96. The summed E-state index contributed by atoms with van der Waals surface area (Å²) in [6, 6.07) is -0.216. The molecule has 0 bridgehead atoms. The van der Waals surface area contributed by atoms with Crippen LogP contribution in [0.2, 0.25) is 0 Å². The molecule has 35 heavy (non-hydrogen) atoms. The van der Waals surface area contributed by atoms with Crippen molar-refractivity contribution in [2.24, 2.45) is 17.3 Å². The maximum absolute atomic E-state index is 13.3. The molecule has 2 heterocycles. The minimum atomic E-state index is -1.17. The quantitative estimate of drug-likeness (QED) is 0.597. The number of likely N-dealkylation sites (N-methyl/N-ethyl adjacent to an activating group) is 1. The third kappa shape index (κ3) is 7.45. The first kappa shape index (κ1) is 29.1. The van der Waals surface area contributed by atoms with Gasteiger partial charge >= 0.3 is 0 Å². The first-order valence-electron chi connectivity index (χ1n) is 12.3. The summed E-state index contributed by atoms with van der Waals surface area (Å²) < 4.78 is 0. The summed E-state index contributed by atoms with van der Waals surface area (Å²) in [6.07, 6.45) is 7.24.